The normalized spacial score (nSPS) is 20.6. The van der Waals surface area contributed by atoms with Crippen LogP contribution in [0.1, 0.15) is 0 Å². The minimum atomic E-state index is 0.163. The summed E-state index contributed by atoms with van der Waals surface area (Å²) in [6, 6.07) is 0. The summed E-state index contributed by atoms with van der Waals surface area (Å²) in [7, 11) is 0. The van der Waals surface area contributed by atoms with Crippen LogP contribution in [-0.2, 0) is 0 Å². The Morgan fingerprint density at radius 2 is 2.71 bits per heavy atom. The molecule has 0 atom stereocenters. The Labute approximate surface area is 53.1 Å². The molecule has 7 heavy (non-hydrogen) atoms. The second kappa shape index (κ2) is 3.26. The van der Waals surface area contributed by atoms with Crippen molar-refractivity contribution in [3.63, 3.8) is 0 Å². The summed E-state index contributed by atoms with van der Waals surface area (Å²) in [5, 5.41) is 0. The quantitative estimate of drug-likeness (QED) is 0.452. The van der Waals surface area contributed by atoms with Gasteiger partial charge in [0, 0.05) is 12.8 Å². The molecule has 0 saturated heterocycles. The third kappa shape index (κ3) is 2.13. The molecule has 0 aromatic heterocycles. The summed E-state index contributed by atoms with van der Waals surface area (Å²) in [5.41, 5.74) is 0. The number of aliphatic imine (C=N–C) groups is 1. The predicted octanol–water partition coefficient (Wildman–Crippen LogP) is 0.348. The second-order valence-electron chi connectivity index (χ2n) is 1.17. The van der Waals surface area contributed by atoms with Crippen LogP contribution in [0.25, 0.3) is 0 Å². The predicted molar refractivity (Wildman–Crippen MR) is 41.4 cm³/mol. The molecular weight excluding hydrogens is 203 g/mol. The van der Waals surface area contributed by atoms with Crippen molar-refractivity contribution in [1.29, 1.82) is 0 Å². The van der Waals surface area contributed by atoms with E-state index in [0.29, 0.717) is 0 Å². The van der Waals surface area contributed by atoms with E-state index in [1.807, 2.05) is 6.21 Å². The van der Waals surface area contributed by atoms with E-state index in [2.05, 4.69) is 12.5 Å². The van der Waals surface area contributed by atoms with Gasteiger partial charge < -0.3 is 0 Å². The van der Waals surface area contributed by atoms with E-state index in [0.717, 1.165) is 13.1 Å². The van der Waals surface area contributed by atoms with Crippen LogP contribution < -0.4 is 3.53 Å². The van der Waals surface area contributed by atoms with E-state index < -0.39 is 0 Å². The lowest BCUT2D eigenvalue weighted by atomic mass is 10.7. The van der Waals surface area contributed by atoms with Crippen molar-refractivity contribution < 1.29 is 0 Å². The summed E-state index contributed by atoms with van der Waals surface area (Å²) >= 11 is 0.163. The van der Waals surface area contributed by atoms with Crippen LogP contribution in [0.2, 0.25) is 0 Å². The maximum absolute atomic E-state index is 4.06. The maximum atomic E-state index is 4.06. The molecule has 0 amide bonds. The van der Waals surface area contributed by atoms with Crippen molar-refractivity contribution in [3.05, 3.63) is 0 Å². The Morgan fingerprint density at radius 3 is 3.71 bits per heavy atom. The minimum Gasteiger partial charge on any atom is -0.291 e. The van der Waals surface area contributed by atoms with Gasteiger partial charge in [-0.05, 0) is 25.0 Å². The van der Waals surface area contributed by atoms with Gasteiger partial charge in [-0.1, -0.05) is 0 Å². The lowest BCUT2D eigenvalue weighted by Crippen LogP contribution is -2.02. The van der Waals surface area contributed by atoms with Gasteiger partial charge in [0.25, 0.3) is 0 Å². The lowest BCUT2D eigenvalue weighted by Gasteiger charge is -1.85. The fourth-order valence-corrected chi connectivity index (χ4v) is 1.54. The molecule has 0 bridgehead atoms. The smallest absolute Gasteiger partial charge is 0.0522 e. The molecule has 0 aliphatic carbocycles. The second-order valence-corrected chi connectivity index (χ2v) is 3.28. The summed E-state index contributed by atoms with van der Waals surface area (Å²) in [6.07, 6.45) is 1.91. The minimum absolute atomic E-state index is 0.163. The molecule has 0 saturated carbocycles. The number of halogens is 1. The standard InChI is InChI=1S/C4H7IN2/c1-2-6-3-4-7-5-1/h1-2,7H,3-4H2. The topological polar surface area (TPSA) is 24.4 Å². The largest absolute Gasteiger partial charge is 0.291 e. The summed E-state index contributed by atoms with van der Waals surface area (Å²) < 4.78 is 5.41. The van der Waals surface area contributed by atoms with Gasteiger partial charge in [0.1, 0.15) is 0 Å². The molecule has 40 valence electrons. The number of nitrogens with zero attached hydrogens (tertiary/aromatic N) is 1. The van der Waals surface area contributed by atoms with Crippen LogP contribution in [-0.4, -0.2) is 23.3 Å². The van der Waals surface area contributed by atoms with Gasteiger partial charge in [-0.15, -0.1) is 0 Å². The number of nitrogens with one attached hydrogen (secondary N) is 1. The highest BCUT2D eigenvalue weighted by Gasteiger charge is 1.80. The maximum Gasteiger partial charge on any atom is 0.0522 e. The fraction of sp³-hybridized carbons (Fsp3) is 0.500. The van der Waals surface area contributed by atoms with E-state index in [1.165, 1.54) is 0 Å². The highest BCUT2D eigenvalue weighted by atomic mass is 127. The average Bonchev–Trinajstić information content (AvgIpc) is 1.90. The Bertz CT molecular complexity index is 85.9. The van der Waals surface area contributed by atoms with Gasteiger partial charge in [0.15, 0.2) is 0 Å². The molecule has 0 radical (unpaired) electrons. The van der Waals surface area contributed by atoms with Crippen molar-refractivity contribution in [2.75, 3.05) is 13.1 Å². The van der Waals surface area contributed by atoms with Gasteiger partial charge in [-0.25, -0.2) is 0 Å². The summed E-state index contributed by atoms with van der Waals surface area (Å²) in [6.45, 7) is 2.02. The first-order valence-corrected chi connectivity index (χ1v) is 4.49. The Kier molecular flexibility index (Phi) is 2.50. The molecule has 1 rings (SSSR count). The molecule has 1 N–H and O–H groups in total. The third-order valence-corrected chi connectivity index (χ3v) is 2.30. The van der Waals surface area contributed by atoms with Crippen molar-refractivity contribution in [2.24, 2.45) is 4.99 Å². The third-order valence-electron chi connectivity index (χ3n) is 0.637. The average molecular weight is 210 g/mol. The fourth-order valence-electron chi connectivity index (χ4n) is 0.348. The Morgan fingerprint density at radius 1 is 1.71 bits per heavy atom. The molecule has 3 heteroatoms. The van der Waals surface area contributed by atoms with Gasteiger partial charge in [-0.2, -0.15) is 0 Å². The summed E-state index contributed by atoms with van der Waals surface area (Å²) in [4.78, 5) is 4.06. The van der Waals surface area contributed by atoms with E-state index in [4.69, 9.17) is 0 Å². The number of hydrogen-bond donors (Lipinski definition) is 1. The number of rotatable bonds is 0. The zero-order chi connectivity index (χ0) is 4.95. The molecular formula is C4H7IN2. The Hall–Kier alpha value is 0.230. The van der Waals surface area contributed by atoms with Crippen LogP contribution in [0.15, 0.2) is 4.99 Å². The zero-order valence-corrected chi connectivity index (χ0v) is 6.05. The van der Waals surface area contributed by atoms with Crippen LogP contribution in [0.4, 0.5) is 0 Å². The first kappa shape index (κ1) is 5.37. The molecule has 2 nitrogen and oxygen atoms in total. The molecule has 0 spiro atoms. The molecule has 1 aliphatic rings. The SMILES string of the molecule is C1=NCCNI=C1. The van der Waals surface area contributed by atoms with E-state index >= 15 is 0 Å². The first-order chi connectivity index (χ1) is 3.50. The molecule has 0 aromatic carbocycles. The zero-order valence-electron chi connectivity index (χ0n) is 3.89. The van der Waals surface area contributed by atoms with Crippen LogP contribution in [0, 0.1) is 0 Å². The number of hydrogen-bond acceptors (Lipinski definition) is 2. The molecule has 0 fully saturated rings. The molecule has 0 aromatic rings. The van der Waals surface area contributed by atoms with Crippen molar-refractivity contribution in [2.45, 2.75) is 0 Å². The highest BCUT2D eigenvalue weighted by molar-refractivity contribution is 14.2. The highest BCUT2D eigenvalue weighted by Crippen LogP contribution is 1.85. The molecule has 0 unspecified atom stereocenters. The first-order valence-electron chi connectivity index (χ1n) is 2.17. The van der Waals surface area contributed by atoms with Gasteiger partial charge in [0.05, 0.1) is 6.54 Å². The van der Waals surface area contributed by atoms with Crippen LogP contribution in [0.5, 0.6) is 0 Å². The van der Waals surface area contributed by atoms with Gasteiger partial charge in [0.2, 0.25) is 0 Å². The van der Waals surface area contributed by atoms with Crippen molar-refractivity contribution in [1.82, 2.24) is 3.53 Å². The lowest BCUT2D eigenvalue weighted by molar-refractivity contribution is 0.948. The summed E-state index contributed by atoms with van der Waals surface area (Å²) in [5.74, 6) is 0. The Balaban J connectivity index is 2.39. The van der Waals surface area contributed by atoms with Gasteiger partial charge >= 0.3 is 0 Å². The van der Waals surface area contributed by atoms with Crippen molar-refractivity contribution in [3.8, 4) is 0 Å². The van der Waals surface area contributed by atoms with E-state index in [9.17, 15) is 0 Å². The monoisotopic (exact) mass is 210 g/mol. The van der Waals surface area contributed by atoms with Crippen LogP contribution in [0.3, 0.4) is 0 Å². The van der Waals surface area contributed by atoms with Crippen LogP contribution >= 0.6 is 21.0 Å². The van der Waals surface area contributed by atoms with E-state index in [1.54, 1.807) is 0 Å². The molecule has 1 heterocycles. The molecule has 1 aliphatic heterocycles. The van der Waals surface area contributed by atoms with Crippen molar-refractivity contribution >= 4 is 31.2 Å². The van der Waals surface area contributed by atoms with E-state index in [-0.39, 0.29) is 21.0 Å². The van der Waals surface area contributed by atoms with Gasteiger partial charge in [-0.3, -0.25) is 8.52 Å².